The summed E-state index contributed by atoms with van der Waals surface area (Å²) in [6.07, 6.45) is 0. The van der Waals surface area contributed by atoms with E-state index in [0.717, 1.165) is 4.31 Å². The highest BCUT2D eigenvalue weighted by molar-refractivity contribution is 7.89. The first kappa shape index (κ1) is 11.8. The molecule has 1 aromatic rings. The lowest BCUT2D eigenvalue weighted by atomic mass is 10.3. The monoisotopic (exact) mass is 230 g/mol. The molecule has 0 amide bonds. The first-order chi connectivity index (χ1) is 6.89. The van der Waals surface area contributed by atoms with E-state index in [1.807, 2.05) is 0 Å². The number of ether oxygens (including phenoxy) is 1. The number of hydrogen-bond acceptors (Lipinski definition) is 4. The first-order valence-electron chi connectivity index (χ1n) is 4.25. The SMILES string of the molecule is COc1cc(N)ccc1S(=O)(=O)N(C)C. The van der Waals surface area contributed by atoms with E-state index in [4.69, 9.17) is 10.5 Å². The van der Waals surface area contributed by atoms with Crippen LogP contribution in [0.1, 0.15) is 0 Å². The third kappa shape index (κ3) is 2.21. The van der Waals surface area contributed by atoms with Crippen LogP contribution in [0.2, 0.25) is 0 Å². The van der Waals surface area contributed by atoms with E-state index < -0.39 is 10.0 Å². The van der Waals surface area contributed by atoms with Crippen LogP contribution in [-0.2, 0) is 10.0 Å². The summed E-state index contributed by atoms with van der Waals surface area (Å²) in [5.41, 5.74) is 6.00. The molecule has 0 atom stereocenters. The molecule has 0 aromatic heterocycles. The third-order valence-corrected chi connectivity index (χ3v) is 3.80. The van der Waals surface area contributed by atoms with Gasteiger partial charge in [-0.2, -0.15) is 0 Å². The Morgan fingerprint density at radius 1 is 1.33 bits per heavy atom. The highest BCUT2D eigenvalue weighted by Crippen LogP contribution is 2.27. The minimum absolute atomic E-state index is 0.115. The van der Waals surface area contributed by atoms with E-state index in [1.54, 1.807) is 0 Å². The second-order valence-corrected chi connectivity index (χ2v) is 5.32. The molecule has 0 unspecified atom stereocenters. The van der Waals surface area contributed by atoms with Gasteiger partial charge in [-0.25, -0.2) is 12.7 Å². The van der Waals surface area contributed by atoms with Crippen LogP contribution in [0, 0.1) is 0 Å². The quantitative estimate of drug-likeness (QED) is 0.769. The molecular formula is C9H14N2O3S. The van der Waals surface area contributed by atoms with Gasteiger partial charge in [0.05, 0.1) is 7.11 Å². The van der Waals surface area contributed by atoms with E-state index in [0.29, 0.717) is 5.69 Å². The summed E-state index contributed by atoms with van der Waals surface area (Å²) >= 11 is 0. The molecule has 0 aliphatic heterocycles. The lowest BCUT2D eigenvalue weighted by molar-refractivity contribution is 0.400. The summed E-state index contributed by atoms with van der Waals surface area (Å²) in [6.45, 7) is 0. The van der Waals surface area contributed by atoms with Gasteiger partial charge in [0.25, 0.3) is 0 Å². The van der Waals surface area contributed by atoms with Crippen molar-refractivity contribution in [3.05, 3.63) is 18.2 Å². The van der Waals surface area contributed by atoms with Gasteiger partial charge in [0.2, 0.25) is 10.0 Å². The maximum absolute atomic E-state index is 11.8. The summed E-state index contributed by atoms with van der Waals surface area (Å²) < 4.78 is 29.8. The number of benzene rings is 1. The normalized spacial score (nSPS) is 11.7. The molecule has 2 N–H and O–H groups in total. The zero-order valence-electron chi connectivity index (χ0n) is 8.89. The van der Waals surface area contributed by atoms with Crippen molar-refractivity contribution in [3.63, 3.8) is 0 Å². The van der Waals surface area contributed by atoms with E-state index >= 15 is 0 Å². The number of methoxy groups -OCH3 is 1. The van der Waals surface area contributed by atoms with Gasteiger partial charge in [-0.05, 0) is 12.1 Å². The molecule has 0 radical (unpaired) electrons. The average molecular weight is 230 g/mol. The van der Waals surface area contributed by atoms with Gasteiger partial charge in [0.1, 0.15) is 10.6 Å². The summed E-state index contributed by atoms with van der Waals surface area (Å²) in [5, 5.41) is 0. The van der Waals surface area contributed by atoms with Crippen LogP contribution < -0.4 is 10.5 Å². The zero-order valence-corrected chi connectivity index (χ0v) is 9.71. The zero-order chi connectivity index (χ0) is 11.6. The standard InChI is InChI=1S/C9H14N2O3S/c1-11(2)15(12,13)9-5-4-7(10)6-8(9)14-3/h4-6H,10H2,1-3H3. The number of sulfonamides is 1. The van der Waals surface area contributed by atoms with Crippen molar-refractivity contribution >= 4 is 15.7 Å². The van der Waals surface area contributed by atoms with Gasteiger partial charge in [-0.3, -0.25) is 0 Å². The third-order valence-electron chi connectivity index (χ3n) is 1.95. The minimum atomic E-state index is -3.48. The number of anilines is 1. The maximum Gasteiger partial charge on any atom is 0.246 e. The van der Waals surface area contributed by atoms with E-state index in [9.17, 15) is 8.42 Å². The summed E-state index contributed by atoms with van der Waals surface area (Å²) in [7, 11) is 0.849. The Morgan fingerprint density at radius 2 is 1.93 bits per heavy atom. The smallest absolute Gasteiger partial charge is 0.246 e. The molecule has 0 aliphatic carbocycles. The Balaban J connectivity index is 3.38. The molecule has 0 bridgehead atoms. The molecule has 6 heteroatoms. The molecule has 0 fully saturated rings. The van der Waals surface area contributed by atoms with E-state index in [-0.39, 0.29) is 10.6 Å². The molecule has 0 spiro atoms. The molecule has 84 valence electrons. The largest absolute Gasteiger partial charge is 0.495 e. The Morgan fingerprint density at radius 3 is 2.40 bits per heavy atom. The van der Waals surface area contributed by atoms with Gasteiger partial charge >= 0.3 is 0 Å². The highest BCUT2D eigenvalue weighted by Gasteiger charge is 2.21. The molecule has 15 heavy (non-hydrogen) atoms. The number of nitrogen functional groups attached to an aromatic ring is 1. The predicted octanol–water partition coefficient (Wildman–Crippen LogP) is 0.528. The second kappa shape index (κ2) is 4.08. The van der Waals surface area contributed by atoms with Crippen LogP contribution in [0.5, 0.6) is 5.75 Å². The van der Waals surface area contributed by atoms with Crippen LogP contribution in [0.4, 0.5) is 5.69 Å². The molecule has 0 aliphatic rings. The minimum Gasteiger partial charge on any atom is -0.495 e. The molecule has 0 saturated heterocycles. The average Bonchev–Trinajstić information content (AvgIpc) is 2.16. The van der Waals surface area contributed by atoms with E-state index in [1.165, 1.54) is 39.4 Å². The predicted molar refractivity (Wildman–Crippen MR) is 58.3 cm³/mol. The highest BCUT2D eigenvalue weighted by atomic mass is 32.2. The van der Waals surface area contributed by atoms with E-state index in [2.05, 4.69) is 0 Å². The topological polar surface area (TPSA) is 72.6 Å². The summed E-state index contributed by atoms with van der Waals surface area (Å²) in [6, 6.07) is 4.44. The van der Waals surface area contributed by atoms with Crippen molar-refractivity contribution in [3.8, 4) is 5.75 Å². The number of nitrogens with zero attached hydrogens (tertiary/aromatic N) is 1. The first-order valence-corrected chi connectivity index (χ1v) is 5.69. The number of rotatable bonds is 3. The number of nitrogens with two attached hydrogens (primary N) is 1. The Labute approximate surface area is 89.5 Å². The van der Waals surface area contributed by atoms with Gasteiger partial charge in [-0.1, -0.05) is 0 Å². The van der Waals surface area contributed by atoms with Crippen molar-refractivity contribution in [2.24, 2.45) is 0 Å². The van der Waals surface area contributed by atoms with Crippen LogP contribution >= 0.6 is 0 Å². The van der Waals surface area contributed by atoms with Gasteiger partial charge in [0, 0.05) is 25.8 Å². The number of hydrogen-bond donors (Lipinski definition) is 1. The van der Waals surface area contributed by atoms with Gasteiger partial charge < -0.3 is 10.5 Å². The van der Waals surface area contributed by atoms with Crippen LogP contribution in [-0.4, -0.2) is 33.9 Å². The van der Waals surface area contributed by atoms with Crippen LogP contribution in [0.25, 0.3) is 0 Å². The molecule has 1 aromatic carbocycles. The van der Waals surface area contributed by atoms with Crippen molar-refractivity contribution in [2.75, 3.05) is 26.9 Å². The maximum atomic E-state index is 11.8. The summed E-state index contributed by atoms with van der Waals surface area (Å²) in [5.74, 6) is 0.253. The Hall–Kier alpha value is -1.27. The van der Waals surface area contributed by atoms with Crippen molar-refractivity contribution in [1.29, 1.82) is 0 Å². The lowest BCUT2D eigenvalue weighted by Crippen LogP contribution is -2.22. The van der Waals surface area contributed by atoms with Crippen LogP contribution in [0.3, 0.4) is 0 Å². The Kier molecular flexibility index (Phi) is 3.21. The second-order valence-electron chi connectivity index (χ2n) is 3.20. The lowest BCUT2D eigenvalue weighted by Gasteiger charge is -2.14. The van der Waals surface area contributed by atoms with Crippen molar-refractivity contribution in [2.45, 2.75) is 4.90 Å². The molecular weight excluding hydrogens is 216 g/mol. The fraction of sp³-hybridized carbons (Fsp3) is 0.333. The fourth-order valence-corrected chi connectivity index (χ4v) is 2.12. The summed E-state index contributed by atoms with van der Waals surface area (Å²) in [4.78, 5) is 0.115. The molecule has 5 nitrogen and oxygen atoms in total. The van der Waals surface area contributed by atoms with Crippen molar-refractivity contribution in [1.82, 2.24) is 4.31 Å². The molecule has 0 heterocycles. The van der Waals surface area contributed by atoms with Gasteiger partial charge in [0.15, 0.2) is 0 Å². The fourth-order valence-electron chi connectivity index (χ4n) is 1.09. The van der Waals surface area contributed by atoms with Gasteiger partial charge in [-0.15, -0.1) is 0 Å². The molecule has 1 rings (SSSR count). The van der Waals surface area contributed by atoms with Crippen molar-refractivity contribution < 1.29 is 13.2 Å². The Bertz CT molecular complexity index is 454. The molecule has 0 saturated carbocycles. The van der Waals surface area contributed by atoms with Crippen LogP contribution in [0.15, 0.2) is 23.1 Å².